The number of hydrogen-bond donors (Lipinski definition) is 2. The van der Waals surface area contributed by atoms with E-state index >= 15 is 0 Å². The molecule has 0 atom stereocenters. The quantitative estimate of drug-likeness (QED) is 0.473. The fraction of sp³-hybridized carbons (Fsp3) is 0.714. The van der Waals surface area contributed by atoms with E-state index in [2.05, 4.69) is 0 Å². The van der Waals surface area contributed by atoms with E-state index < -0.39 is 23.6 Å². The SMILES string of the molecule is CC(C)(O)/C(=C/C(F)(F)F)SCCS/C(=C\C(F)(F)F)C(C)(C)O. The smallest absolute Gasteiger partial charge is 0.385 e. The number of halogens is 6. The molecule has 0 bridgehead atoms. The molecule has 0 saturated carbocycles. The van der Waals surface area contributed by atoms with Gasteiger partial charge in [-0.25, -0.2) is 0 Å². The molecule has 0 aromatic rings. The van der Waals surface area contributed by atoms with Gasteiger partial charge in [-0.15, -0.1) is 23.5 Å². The largest absolute Gasteiger partial charge is 0.410 e. The monoisotopic (exact) mass is 398 g/mol. The number of thioether (sulfide) groups is 2. The molecule has 0 amide bonds. The lowest BCUT2D eigenvalue weighted by atomic mass is 10.1. The molecule has 0 heterocycles. The summed E-state index contributed by atoms with van der Waals surface area (Å²) in [5.74, 6) is 0.0592. The van der Waals surface area contributed by atoms with Crippen LogP contribution in [0.2, 0.25) is 0 Å². The summed E-state index contributed by atoms with van der Waals surface area (Å²) in [4.78, 5) is -0.666. The van der Waals surface area contributed by atoms with E-state index in [0.717, 1.165) is 0 Å². The van der Waals surface area contributed by atoms with E-state index in [1.807, 2.05) is 0 Å². The number of rotatable bonds is 7. The normalized spacial score (nSPS) is 15.8. The molecule has 2 N–H and O–H groups in total. The van der Waals surface area contributed by atoms with Crippen molar-refractivity contribution < 1.29 is 36.6 Å². The lowest BCUT2D eigenvalue weighted by Gasteiger charge is -2.23. The van der Waals surface area contributed by atoms with Crippen molar-refractivity contribution >= 4 is 23.5 Å². The van der Waals surface area contributed by atoms with E-state index in [0.29, 0.717) is 23.5 Å². The minimum absolute atomic E-state index is 0.0230. The minimum Gasteiger partial charge on any atom is -0.385 e. The molecule has 142 valence electrons. The highest BCUT2D eigenvalue weighted by Gasteiger charge is 2.31. The highest BCUT2D eigenvalue weighted by Crippen LogP contribution is 2.36. The van der Waals surface area contributed by atoms with Gasteiger partial charge in [-0.1, -0.05) is 0 Å². The maximum absolute atomic E-state index is 12.4. The van der Waals surface area contributed by atoms with Gasteiger partial charge in [0.2, 0.25) is 0 Å². The van der Waals surface area contributed by atoms with Crippen molar-refractivity contribution in [2.24, 2.45) is 0 Å². The Bertz CT molecular complexity index is 424. The summed E-state index contributed by atoms with van der Waals surface area (Å²) in [6.07, 6.45) is -9.26. The molecule has 0 spiro atoms. The van der Waals surface area contributed by atoms with Crippen molar-refractivity contribution in [3.8, 4) is 0 Å². The van der Waals surface area contributed by atoms with E-state index in [1.54, 1.807) is 0 Å². The number of aliphatic hydroxyl groups is 2. The van der Waals surface area contributed by atoms with Gasteiger partial charge in [-0.2, -0.15) is 26.3 Å². The van der Waals surface area contributed by atoms with E-state index in [9.17, 15) is 36.6 Å². The van der Waals surface area contributed by atoms with Gasteiger partial charge in [-0.05, 0) is 27.7 Å². The fourth-order valence-corrected chi connectivity index (χ4v) is 3.64. The summed E-state index contributed by atoms with van der Waals surface area (Å²) in [6, 6.07) is 0. The lowest BCUT2D eigenvalue weighted by Crippen LogP contribution is -2.23. The Hall–Kier alpha value is -0.320. The van der Waals surface area contributed by atoms with Crippen LogP contribution in [0, 0.1) is 0 Å². The Balaban J connectivity index is 4.90. The second kappa shape index (κ2) is 8.37. The zero-order valence-electron chi connectivity index (χ0n) is 13.5. The van der Waals surface area contributed by atoms with E-state index in [1.165, 1.54) is 27.7 Å². The van der Waals surface area contributed by atoms with Crippen molar-refractivity contribution in [2.45, 2.75) is 51.2 Å². The first-order valence-corrected chi connectivity index (χ1v) is 8.69. The molecule has 0 rings (SSSR count). The second-order valence-electron chi connectivity index (χ2n) is 5.92. The number of allylic oxidation sites excluding steroid dienone is 2. The molecule has 2 nitrogen and oxygen atoms in total. The van der Waals surface area contributed by atoms with Crippen LogP contribution >= 0.6 is 23.5 Å². The first kappa shape index (κ1) is 23.7. The minimum atomic E-state index is -4.61. The van der Waals surface area contributed by atoms with Crippen LogP contribution in [0.4, 0.5) is 26.3 Å². The van der Waals surface area contributed by atoms with Crippen molar-refractivity contribution in [3.05, 3.63) is 22.0 Å². The molecule has 0 radical (unpaired) electrons. The Kier molecular flexibility index (Phi) is 8.26. The molecule has 24 heavy (non-hydrogen) atoms. The third kappa shape index (κ3) is 11.3. The molecule has 0 fully saturated rings. The average Bonchev–Trinajstić information content (AvgIpc) is 2.25. The van der Waals surface area contributed by atoms with Gasteiger partial charge >= 0.3 is 12.4 Å². The summed E-state index contributed by atoms with van der Waals surface area (Å²) < 4.78 is 74.7. The Morgan fingerprint density at radius 2 is 0.958 bits per heavy atom. The van der Waals surface area contributed by atoms with E-state index in [4.69, 9.17) is 0 Å². The summed E-state index contributed by atoms with van der Waals surface area (Å²) in [6.45, 7) is 4.76. The van der Waals surface area contributed by atoms with Crippen LogP contribution < -0.4 is 0 Å². The molecule has 0 unspecified atom stereocenters. The van der Waals surface area contributed by atoms with Gasteiger partial charge in [0.25, 0.3) is 0 Å². The van der Waals surface area contributed by atoms with Gasteiger partial charge in [0, 0.05) is 33.5 Å². The molecule has 0 saturated heterocycles. The summed E-state index contributed by atoms with van der Waals surface area (Å²) >= 11 is 1.41. The third-order valence-electron chi connectivity index (χ3n) is 2.39. The molecular formula is C14H20F6O2S2. The van der Waals surface area contributed by atoms with Crippen LogP contribution in [0.5, 0.6) is 0 Å². The molecular weight excluding hydrogens is 378 g/mol. The Morgan fingerprint density at radius 1 is 0.708 bits per heavy atom. The van der Waals surface area contributed by atoms with Crippen LogP contribution in [0.15, 0.2) is 22.0 Å². The van der Waals surface area contributed by atoms with Crippen molar-refractivity contribution in [1.29, 1.82) is 0 Å². The Labute approximate surface area is 145 Å². The average molecular weight is 398 g/mol. The van der Waals surface area contributed by atoms with Crippen LogP contribution in [-0.4, -0.2) is 45.3 Å². The second-order valence-corrected chi connectivity index (χ2v) is 8.19. The van der Waals surface area contributed by atoms with E-state index in [-0.39, 0.29) is 33.5 Å². The first-order valence-electron chi connectivity index (χ1n) is 6.72. The van der Waals surface area contributed by atoms with Gasteiger partial charge < -0.3 is 10.2 Å². The highest BCUT2D eigenvalue weighted by atomic mass is 32.2. The zero-order valence-corrected chi connectivity index (χ0v) is 15.2. The molecule has 0 aliphatic rings. The van der Waals surface area contributed by atoms with Crippen molar-refractivity contribution in [2.75, 3.05) is 11.5 Å². The van der Waals surface area contributed by atoms with Crippen LogP contribution in [0.25, 0.3) is 0 Å². The molecule has 10 heteroatoms. The molecule has 0 aliphatic heterocycles. The maximum atomic E-state index is 12.4. The van der Waals surface area contributed by atoms with Crippen LogP contribution in [0.3, 0.4) is 0 Å². The van der Waals surface area contributed by atoms with Crippen molar-refractivity contribution in [3.63, 3.8) is 0 Å². The van der Waals surface area contributed by atoms with Crippen molar-refractivity contribution in [1.82, 2.24) is 0 Å². The molecule has 0 aromatic heterocycles. The fourth-order valence-electron chi connectivity index (χ4n) is 1.39. The predicted octanol–water partition coefficient (Wildman–Crippen LogP) is 4.89. The van der Waals surface area contributed by atoms with Gasteiger partial charge in [-0.3, -0.25) is 0 Å². The number of alkyl halides is 6. The highest BCUT2D eigenvalue weighted by molar-refractivity contribution is 8.06. The van der Waals surface area contributed by atoms with Crippen LogP contribution in [-0.2, 0) is 0 Å². The first-order chi connectivity index (χ1) is 10.4. The summed E-state index contributed by atoms with van der Waals surface area (Å²) in [7, 11) is 0. The molecule has 0 aromatic carbocycles. The van der Waals surface area contributed by atoms with Crippen LogP contribution in [0.1, 0.15) is 27.7 Å². The third-order valence-corrected chi connectivity index (χ3v) is 5.33. The maximum Gasteiger partial charge on any atom is 0.410 e. The topological polar surface area (TPSA) is 40.5 Å². The zero-order chi connectivity index (χ0) is 19.4. The lowest BCUT2D eigenvalue weighted by molar-refractivity contribution is -0.0823. The van der Waals surface area contributed by atoms with Gasteiger partial charge in [0.1, 0.15) is 0 Å². The summed E-state index contributed by atoms with van der Waals surface area (Å²) in [5.41, 5.74) is -3.43. The van der Waals surface area contributed by atoms with Gasteiger partial charge in [0.15, 0.2) is 0 Å². The predicted molar refractivity (Wildman–Crippen MR) is 85.8 cm³/mol. The van der Waals surface area contributed by atoms with Gasteiger partial charge in [0.05, 0.1) is 11.2 Å². The number of hydrogen-bond acceptors (Lipinski definition) is 4. The summed E-state index contributed by atoms with van der Waals surface area (Å²) in [5, 5.41) is 19.5. The molecule has 0 aliphatic carbocycles. The Morgan fingerprint density at radius 3 is 1.12 bits per heavy atom. The standard InChI is InChI=1S/C14H20F6O2S2/c1-11(2,21)9(7-13(15,16)17)23-5-6-24-10(12(3,4)22)8-14(18,19)20/h7-8,21-22H,5-6H2,1-4H3/b9-7-,10-8-.